The first kappa shape index (κ1) is 12.9. The van der Waals surface area contributed by atoms with E-state index >= 15 is 0 Å². The summed E-state index contributed by atoms with van der Waals surface area (Å²) < 4.78 is 0. The van der Waals surface area contributed by atoms with Crippen LogP contribution in [0.4, 0.5) is 0 Å². The van der Waals surface area contributed by atoms with Gasteiger partial charge in [-0.05, 0) is 14.0 Å². The summed E-state index contributed by atoms with van der Waals surface area (Å²) in [5, 5.41) is 11.3. The van der Waals surface area contributed by atoms with Gasteiger partial charge in [-0.25, -0.2) is 0 Å². The number of nitrogens with one attached hydrogen (secondary N) is 1. The average molecular weight is 229 g/mol. The van der Waals surface area contributed by atoms with Crippen molar-refractivity contribution in [3.63, 3.8) is 0 Å². The summed E-state index contributed by atoms with van der Waals surface area (Å²) in [5.41, 5.74) is 0. The normalized spacial score (nSPS) is 19.5. The van der Waals surface area contributed by atoms with Gasteiger partial charge in [-0.3, -0.25) is 14.9 Å². The maximum atomic E-state index is 11.7. The van der Waals surface area contributed by atoms with E-state index in [2.05, 4.69) is 10.2 Å². The number of hydrogen-bond acceptors (Lipinski definition) is 4. The minimum absolute atomic E-state index is 0.0267. The molecule has 0 spiro atoms. The third-order valence-corrected chi connectivity index (χ3v) is 2.79. The molecule has 1 fully saturated rings. The molecule has 0 bridgehead atoms. The first-order chi connectivity index (χ1) is 7.50. The number of carboxylic acids is 1. The van der Waals surface area contributed by atoms with E-state index in [0.717, 1.165) is 26.2 Å². The van der Waals surface area contributed by atoms with Crippen molar-refractivity contribution in [2.24, 2.45) is 0 Å². The van der Waals surface area contributed by atoms with Crippen LogP contribution in [0.2, 0.25) is 0 Å². The molecule has 6 heteroatoms. The maximum Gasteiger partial charge on any atom is 0.320 e. The fourth-order valence-electron chi connectivity index (χ4n) is 1.50. The highest BCUT2D eigenvalue weighted by atomic mass is 16.4. The molecule has 16 heavy (non-hydrogen) atoms. The second kappa shape index (κ2) is 5.81. The molecule has 1 aliphatic heterocycles. The average Bonchev–Trinajstić information content (AvgIpc) is 2.26. The number of amides is 1. The summed E-state index contributed by atoms with van der Waals surface area (Å²) in [6.45, 7) is 4.81. The lowest BCUT2D eigenvalue weighted by Crippen LogP contribution is -2.50. The molecule has 1 aliphatic rings. The summed E-state index contributed by atoms with van der Waals surface area (Å²) in [4.78, 5) is 26.2. The minimum Gasteiger partial charge on any atom is -0.480 e. The number of carbonyl (C=O) groups is 2. The third kappa shape index (κ3) is 3.79. The van der Waals surface area contributed by atoms with E-state index in [4.69, 9.17) is 5.11 Å². The first-order valence-corrected chi connectivity index (χ1v) is 5.43. The fourth-order valence-corrected chi connectivity index (χ4v) is 1.50. The summed E-state index contributed by atoms with van der Waals surface area (Å²) in [6.07, 6.45) is 0. The zero-order valence-electron chi connectivity index (χ0n) is 9.77. The number of likely N-dealkylation sites (N-methyl/N-ethyl adjacent to an activating group) is 1. The van der Waals surface area contributed by atoms with E-state index in [9.17, 15) is 9.59 Å². The highest BCUT2D eigenvalue weighted by Crippen LogP contribution is 1.99. The smallest absolute Gasteiger partial charge is 0.320 e. The van der Waals surface area contributed by atoms with Crippen LogP contribution in [0.25, 0.3) is 0 Å². The van der Waals surface area contributed by atoms with E-state index < -0.39 is 12.0 Å². The molecule has 1 rings (SSSR count). The van der Waals surface area contributed by atoms with Crippen molar-refractivity contribution in [1.82, 2.24) is 15.1 Å². The topological polar surface area (TPSA) is 72.9 Å². The fraction of sp³-hybridized carbons (Fsp3) is 0.800. The summed E-state index contributed by atoms with van der Waals surface area (Å²) >= 11 is 0. The molecule has 92 valence electrons. The molecule has 0 aliphatic carbocycles. The molecule has 1 atom stereocenters. The van der Waals surface area contributed by atoms with Crippen LogP contribution in [0.5, 0.6) is 0 Å². The lowest BCUT2D eigenvalue weighted by atomic mass is 10.3. The quantitative estimate of drug-likeness (QED) is 0.635. The Bertz CT molecular complexity index is 262. The van der Waals surface area contributed by atoms with Gasteiger partial charge in [0.15, 0.2) is 0 Å². The monoisotopic (exact) mass is 229 g/mol. The molecule has 6 nitrogen and oxygen atoms in total. The van der Waals surface area contributed by atoms with Gasteiger partial charge in [0.2, 0.25) is 5.91 Å². The van der Waals surface area contributed by atoms with Gasteiger partial charge in [0, 0.05) is 26.2 Å². The Labute approximate surface area is 95.2 Å². The zero-order valence-corrected chi connectivity index (χ0v) is 9.77. The van der Waals surface area contributed by atoms with Gasteiger partial charge >= 0.3 is 5.97 Å². The Hall–Kier alpha value is -1.14. The Morgan fingerprint density at radius 3 is 2.38 bits per heavy atom. The van der Waals surface area contributed by atoms with Gasteiger partial charge in [0.25, 0.3) is 0 Å². The SMILES string of the molecule is C[C@H](NCC(=O)N1CCN(C)CC1)C(=O)O. The van der Waals surface area contributed by atoms with Crippen molar-refractivity contribution in [3.05, 3.63) is 0 Å². The van der Waals surface area contributed by atoms with Gasteiger partial charge in [-0.1, -0.05) is 0 Å². The molecule has 1 amide bonds. The van der Waals surface area contributed by atoms with Gasteiger partial charge < -0.3 is 14.9 Å². The van der Waals surface area contributed by atoms with Crippen LogP contribution in [0.15, 0.2) is 0 Å². The highest BCUT2D eigenvalue weighted by molar-refractivity contribution is 5.80. The largest absolute Gasteiger partial charge is 0.480 e. The van der Waals surface area contributed by atoms with Crippen molar-refractivity contribution < 1.29 is 14.7 Å². The predicted octanol–water partition coefficient (Wildman–Crippen LogP) is -1.18. The Morgan fingerprint density at radius 1 is 1.31 bits per heavy atom. The number of hydrogen-bond donors (Lipinski definition) is 2. The number of aliphatic carboxylic acids is 1. The highest BCUT2D eigenvalue weighted by Gasteiger charge is 2.20. The van der Waals surface area contributed by atoms with E-state index in [1.165, 1.54) is 6.92 Å². The zero-order chi connectivity index (χ0) is 12.1. The minimum atomic E-state index is -0.939. The first-order valence-electron chi connectivity index (χ1n) is 5.43. The summed E-state index contributed by atoms with van der Waals surface area (Å²) in [6, 6.07) is -0.684. The van der Waals surface area contributed by atoms with Crippen LogP contribution < -0.4 is 5.32 Å². The van der Waals surface area contributed by atoms with Crippen LogP contribution >= 0.6 is 0 Å². The molecule has 1 saturated heterocycles. The Morgan fingerprint density at radius 2 is 1.88 bits per heavy atom. The van der Waals surface area contributed by atoms with E-state index in [1.807, 2.05) is 7.05 Å². The van der Waals surface area contributed by atoms with Crippen molar-refractivity contribution in [3.8, 4) is 0 Å². The molecular formula is C10H19N3O3. The number of rotatable bonds is 4. The van der Waals surface area contributed by atoms with Crippen LogP contribution in [0.1, 0.15) is 6.92 Å². The van der Waals surface area contributed by atoms with E-state index in [0.29, 0.717) is 0 Å². The molecular weight excluding hydrogens is 210 g/mol. The molecule has 0 aromatic carbocycles. The van der Waals surface area contributed by atoms with Crippen molar-refractivity contribution in [2.75, 3.05) is 39.8 Å². The van der Waals surface area contributed by atoms with Gasteiger partial charge in [-0.2, -0.15) is 0 Å². The lowest BCUT2D eigenvalue weighted by Gasteiger charge is -2.32. The van der Waals surface area contributed by atoms with Crippen molar-refractivity contribution in [2.45, 2.75) is 13.0 Å². The second-order valence-electron chi connectivity index (χ2n) is 4.12. The summed E-state index contributed by atoms with van der Waals surface area (Å²) in [5.74, 6) is -0.965. The molecule has 1 heterocycles. The van der Waals surface area contributed by atoms with E-state index in [-0.39, 0.29) is 12.5 Å². The third-order valence-electron chi connectivity index (χ3n) is 2.79. The molecule has 0 aromatic rings. The standard InChI is InChI=1S/C10H19N3O3/c1-8(10(15)16)11-7-9(14)13-5-3-12(2)4-6-13/h8,11H,3-7H2,1-2H3,(H,15,16)/t8-/m0/s1. The molecule has 0 aromatic heterocycles. The van der Waals surface area contributed by atoms with Crippen LogP contribution in [-0.4, -0.2) is 72.6 Å². The molecule has 0 unspecified atom stereocenters. The van der Waals surface area contributed by atoms with Crippen LogP contribution in [-0.2, 0) is 9.59 Å². The molecule has 0 saturated carbocycles. The van der Waals surface area contributed by atoms with Crippen LogP contribution in [0, 0.1) is 0 Å². The van der Waals surface area contributed by atoms with Gasteiger partial charge in [0.05, 0.1) is 6.54 Å². The Kier molecular flexibility index (Phi) is 4.70. The number of nitrogens with zero attached hydrogens (tertiary/aromatic N) is 2. The van der Waals surface area contributed by atoms with Crippen molar-refractivity contribution in [1.29, 1.82) is 0 Å². The van der Waals surface area contributed by atoms with Gasteiger partial charge in [-0.15, -0.1) is 0 Å². The maximum absolute atomic E-state index is 11.7. The Balaban J connectivity index is 2.27. The second-order valence-corrected chi connectivity index (χ2v) is 4.12. The number of piperazine rings is 1. The van der Waals surface area contributed by atoms with Crippen molar-refractivity contribution >= 4 is 11.9 Å². The lowest BCUT2D eigenvalue weighted by molar-refractivity contribution is -0.139. The van der Waals surface area contributed by atoms with Gasteiger partial charge in [0.1, 0.15) is 6.04 Å². The molecule has 0 radical (unpaired) electrons. The van der Waals surface area contributed by atoms with E-state index in [1.54, 1.807) is 4.90 Å². The number of carboxylic acid groups (broad SMARTS) is 1. The predicted molar refractivity (Wildman–Crippen MR) is 59.2 cm³/mol. The molecule has 2 N–H and O–H groups in total. The number of carbonyl (C=O) groups excluding carboxylic acids is 1. The van der Waals surface area contributed by atoms with Crippen LogP contribution in [0.3, 0.4) is 0 Å². The summed E-state index contributed by atoms with van der Waals surface area (Å²) in [7, 11) is 2.02.